The molecule has 2 aromatic carbocycles. The van der Waals surface area contributed by atoms with Crippen LogP contribution < -0.4 is 14.8 Å². The summed E-state index contributed by atoms with van der Waals surface area (Å²) in [6.07, 6.45) is 2.19. The van der Waals surface area contributed by atoms with Crippen LogP contribution in [-0.2, 0) is 4.79 Å². The smallest absolute Gasteiger partial charge is 0.226 e. The Kier molecular flexibility index (Phi) is 4.32. The number of methoxy groups -OCH3 is 2. The molecule has 138 valence electrons. The second kappa shape index (κ2) is 6.79. The molecular weight excluding hydrogens is 342 g/mol. The number of aryl methyl sites for hydroxylation is 1. The van der Waals surface area contributed by atoms with Gasteiger partial charge in [-0.1, -0.05) is 23.8 Å². The van der Waals surface area contributed by atoms with Crippen molar-refractivity contribution in [2.45, 2.75) is 19.3 Å². The van der Waals surface area contributed by atoms with E-state index in [1.165, 1.54) is 5.56 Å². The summed E-state index contributed by atoms with van der Waals surface area (Å²) in [7, 11) is 3.21. The zero-order valence-corrected chi connectivity index (χ0v) is 15.5. The Morgan fingerprint density at radius 1 is 1.07 bits per heavy atom. The standard InChI is InChI=1S/C21H21N3O3/c1-13-4-7-15(8-5-13)24-21-17(12-22-24)16(11-20(25)23-21)14-6-9-18(26-2)19(10-14)27-3/h4-10,12,16H,11H2,1-3H3,(H,23,25). The summed E-state index contributed by atoms with van der Waals surface area (Å²) in [6, 6.07) is 13.8. The number of nitrogens with zero attached hydrogens (tertiary/aromatic N) is 2. The Labute approximate surface area is 157 Å². The van der Waals surface area contributed by atoms with E-state index >= 15 is 0 Å². The van der Waals surface area contributed by atoms with Gasteiger partial charge < -0.3 is 14.8 Å². The molecule has 27 heavy (non-hydrogen) atoms. The molecule has 6 nitrogen and oxygen atoms in total. The van der Waals surface area contributed by atoms with Gasteiger partial charge in [0.15, 0.2) is 11.5 Å². The maximum Gasteiger partial charge on any atom is 0.226 e. The van der Waals surface area contributed by atoms with Gasteiger partial charge in [0, 0.05) is 17.9 Å². The fraction of sp³-hybridized carbons (Fsp3) is 0.238. The number of nitrogens with one attached hydrogen (secondary N) is 1. The number of rotatable bonds is 4. The third kappa shape index (κ3) is 3.03. The lowest BCUT2D eigenvalue weighted by Crippen LogP contribution is -2.24. The molecule has 0 fully saturated rings. The minimum Gasteiger partial charge on any atom is -0.493 e. The van der Waals surface area contributed by atoms with Crippen molar-refractivity contribution in [1.82, 2.24) is 9.78 Å². The predicted octanol–water partition coefficient (Wildman–Crippen LogP) is 3.67. The molecule has 1 aliphatic heterocycles. The average molecular weight is 363 g/mol. The Morgan fingerprint density at radius 2 is 1.81 bits per heavy atom. The molecule has 1 amide bonds. The zero-order chi connectivity index (χ0) is 19.0. The highest BCUT2D eigenvalue weighted by molar-refractivity contribution is 5.94. The van der Waals surface area contributed by atoms with Crippen LogP contribution in [0.1, 0.15) is 29.0 Å². The minimum absolute atomic E-state index is 0.0313. The molecule has 1 N–H and O–H groups in total. The first-order chi connectivity index (χ1) is 13.1. The summed E-state index contributed by atoms with van der Waals surface area (Å²) in [6.45, 7) is 2.04. The Morgan fingerprint density at radius 3 is 2.52 bits per heavy atom. The highest BCUT2D eigenvalue weighted by Gasteiger charge is 2.30. The number of hydrogen-bond acceptors (Lipinski definition) is 4. The van der Waals surface area contributed by atoms with E-state index < -0.39 is 0 Å². The van der Waals surface area contributed by atoms with Crippen LogP contribution in [0.2, 0.25) is 0 Å². The maximum atomic E-state index is 12.4. The molecule has 0 aliphatic carbocycles. The number of anilines is 1. The van der Waals surface area contributed by atoms with Crippen LogP contribution in [-0.4, -0.2) is 29.9 Å². The third-order valence-corrected chi connectivity index (χ3v) is 4.91. The Bertz CT molecular complexity index is 992. The van der Waals surface area contributed by atoms with Crippen LogP contribution in [0, 0.1) is 6.92 Å². The minimum atomic E-state index is -0.0900. The van der Waals surface area contributed by atoms with Gasteiger partial charge in [0.25, 0.3) is 0 Å². The molecular formula is C21H21N3O3. The van der Waals surface area contributed by atoms with Crippen molar-refractivity contribution < 1.29 is 14.3 Å². The number of benzene rings is 2. The topological polar surface area (TPSA) is 65.4 Å². The molecule has 6 heteroatoms. The first-order valence-corrected chi connectivity index (χ1v) is 8.77. The van der Waals surface area contributed by atoms with Crippen molar-refractivity contribution in [1.29, 1.82) is 0 Å². The van der Waals surface area contributed by atoms with Crippen LogP contribution >= 0.6 is 0 Å². The number of aromatic nitrogens is 2. The number of hydrogen-bond donors (Lipinski definition) is 1. The number of fused-ring (bicyclic) bond motifs is 1. The lowest BCUT2D eigenvalue weighted by atomic mass is 9.87. The monoisotopic (exact) mass is 363 g/mol. The van der Waals surface area contributed by atoms with Crippen molar-refractivity contribution in [2.75, 3.05) is 19.5 Å². The number of amides is 1. The lowest BCUT2D eigenvalue weighted by molar-refractivity contribution is -0.116. The van der Waals surface area contributed by atoms with Crippen molar-refractivity contribution in [3.8, 4) is 17.2 Å². The highest BCUT2D eigenvalue weighted by Crippen LogP contribution is 2.40. The summed E-state index contributed by atoms with van der Waals surface area (Å²) in [5, 5.41) is 7.51. The van der Waals surface area contributed by atoms with Crippen LogP contribution in [0.5, 0.6) is 11.5 Å². The third-order valence-electron chi connectivity index (χ3n) is 4.91. The van der Waals surface area contributed by atoms with Crippen molar-refractivity contribution in [3.63, 3.8) is 0 Å². The van der Waals surface area contributed by atoms with Gasteiger partial charge in [-0.05, 0) is 36.8 Å². The second-order valence-corrected chi connectivity index (χ2v) is 6.62. The van der Waals surface area contributed by atoms with Crippen molar-refractivity contribution in [2.24, 2.45) is 0 Å². The molecule has 0 spiro atoms. The number of carbonyl (C=O) groups is 1. The Hall–Kier alpha value is -3.28. The number of carbonyl (C=O) groups excluding carboxylic acids is 1. The van der Waals surface area contributed by atoms with Crippen LogP contribution in [0.3, 0.4) is 0 Å². The molecule has 0 bridgehead atoms. The average Bonchev–Trinajstić information content (AvgIpc) is 3.11. The van der Waals surface area contributed by atoms with Gasteiger partial charge >= 0.3 is 0 Å². The molecule has 2 heterocycles. The van der Waals surface area contributed by atoms with E-state index in [1.807, 2.05) is 55.6 Å². The first-order valence-electron chi connectivity index (χ1n) is 8.77. The quantitative estimate of drug-likeness (QED) is 0.768. The summed E-state index contributed by atoms with van der Waals surface area (Å²) in [5.41, 5.74) is 4.07. The summed E-state index contributed by atoms with van der Waals surface area (Å²) < 4.78 is 12.5. The molecule has 1 atom stereocenters. The first kappa shape index (κ1) is 17.1. The molecule has 1 aromatic heterocycles. The van der Waals surface area contributed by atoms with Gasteiger partial charge in [-0.3, -0.25) is 4.79 Å². The van der Waals surface area contributed by atoms with Gasteiger partial charge in [0.2, 0.25) is 5.91 Å². The van der Waals surface area contributed by atoms with E-state index in [0.717, 1.165) is 22.6 Å². The zero-order valence-electron chi connectivity index (χ0n) is 15.5. The Balaban J connectivity index is 1.78. The van der Waals surface area contributed by atoms with Crippen LogP contribution in [0.25, 0.3) is 5.69 Å². The van der Waals surface area contributed by atoms with Gasteiger partial charge in [0.1, 0.15) is 5.82 Å². The molecule has 0 saturated heterocycles. The van der Waals surface area contributed by atoms with E-state index in [0.29, 0.717) is 17.9 Å². The van der Waals surface area contributed by atoms with Gasteiger partial charge in [0.05, 0.1) is 26.1 Å². The van der Waals surface area contributed by atoms with Crippen molar-refractivity contribution >= 4 is 11.7 Å². The summed E-state index contributed by atoms with van der Waals surface area (Å²) in [4.78, 5) is 12.4. The van der Waals surface area contributed by atoms with Gasteiger partial charge in [-0.15, -0.1) is 0 Å². The van der Waals surface area contributed by atoms with Crippen molar-refractivity contribution in [3.05, 3.63) is 65.4 Å². The fourth-order valence-corrected chi connectivity index (χ4v) is 3.47. The molecule has 3 aromatic rings. The molecule has 1 unspecified atom stereocenters. The van der Waals surface area contributed by atoms with Gasteiger partial charge in [-0.25, -0.2) is 4.68 Å². The lowest BCUT2D eigenvalue weighted by Gasteiger charge is -2.24. The second-order valence-electron chi connectivity index (χ2n) is 6.62. The molecule has 1 aliphatic rings. The molecule has 0 saturated carbocycles. The highest BCUT2D eigenvalue weighted by atomic mass is 16.5. The number of ether oxygens (including phenoxy) is 2. The van der Waals surface area contributed by atoms with Gasteiger partial charge in [-0.2, -0.15) is 5.10 Å². The largest absolute Gasteiger partial charge is 0.493 e. The molecule has 0 radical (unpaired) electrons. The van der Waals surface area contributed by atoms with E-state index in [-0.39, 0.29) is 11.8 Å². The molecule has 4 rings (SSSR count). The fourth-order valence-electron chi connectivity index (χ4n) is 3.47. The summed E-state index contributed by atoms with van der Waals surface area (Å²) >= 11 is 0. The van der Waals surface area contributed by atoms with Crippen LogP contribution in [0.4, 0.5) is 5.82 Å². The summed E-state index contributed by atoms with van der Waals surface area (Å²) in [5.74, 6) is 1.91. The SMILES string of the molecule is COc1ccc(C2CC(=O)Nc3c2cnn3-c2ccc(C)cc2)cc1OC. The van der Waals surface area contributed by atoms with E-state index in [9.17, 15) is 4.79 Å². The van der Waals surface area contributed by atoms with E-state index in [2.05, 4.69) is 10.4 Å². The van der Waals surface area contributed by atoms with E-state index in [4.69, 9.17) is 9.47 Å². The predicted molar refractivity (Wildman–Crippen MR) is 103 cm³/mol. The van der Waals surface area contributed by atoms with Crippen LogP contribution in [0.15, 0.2) is 48.7 Å². The maximum absolute atomic E-state index is 12.4. The normalized spacial score (nSPS) is 15.8. The van der Waals surface area contributed by atoms with E-state index in [1.54, 1.807) is 18.9 Å².